The molecule has 0 saturated heterocycles. The third-order valence-corrected chi connectivity index (χ3v) is 3.70. The third-order valence-electron chi connectivity index (χ3n) is 3.70. The van der Waals surface area contributed by atoms with Crippen molar-refractivity contribution in [3.8, 4) is 0 Å². The first kappa shape index (κ1) is 13.7. The van der Waals surface area contributed by atoms with E-state index >= 15 is 0 Å². The Labute approximate surface area is 98.8 Å². The number of aliphatic hydroxyl groups excluding tert-OH is 1. The fourth-order valence-electron chi connectivity index (χ4n) is 2.59. The van der Waals surface area contributed by atoms with Crippen LogP contribution in [0, 0.1) is 5.41 Å². The molecule has 0 heterocycles. The van der Waals surface area contributed by atoms with E-state index in [0.29, 0.717) is 6.04 Å². The van der Waals surface area contributed by atoms with E-state index in [4.69, 9.17) is 5.11 Å². The maximum Gasteiger partial charge on any atom is 0.127 e. The number of carbonyl (C=O) groups is 1. The topological polar surface area (TPSA) is 40.5 Å². The molecule has 0 radical (unpaired) electrons. The second-order valence-corrected chi connectivity index (χ2v) is 5.33. The number of aldehydes is 1. The molecule has 3 nitrogen and oxygen atoms in total. The van der Waals surface area contributed by atoms with Gasteiger partial charge in [-0.3, -0.25) is 4.90 Å². The molecule has 1 saturated carbocycles. The van der Waals surface area contributed by atoms with Gasteiger partial charge in [-0.25, -0.2) is 0 Å². The molecule has 1 rings (SSSR count). The van der Waals surface area contributed by atoms with Crippen LogP contribution in [0.4, 0.5) is 0 Å². The minimum atomic E-state index is -0.0975. The highest BCUT2D eigenvalue weighted by atomic mass is 16.3. The van der Waals surface area contributed by atoms with Gasteiger partial charge < -0.3 is 9.90 Å². The van der Waals surface area contributed by atoms with Crippen LogP contribution in [0.1, 0.15) is 46.0 Å². The zero-order chi connectivity index (χ0) is 12.0. The van der Waals surface area contributed by atoms with Gasteiger partial charge in [-0.05, 0) is 33.1 Å². The van der Waals surface area contributed by atoms with Crippen LogP contribution >= 0.6 is 0 Å². The Kier molecular flexibility index (Phi) is 5.42. The summed E-state index contributed by atoms with van der Waals surface area (Å²) >= 11 is 0. The molecule has 0 aromatic carbocycles. The molecule has 0 spiro atoms. The van der Waals surface area contributed by atoms with Crippen molar-refractivity contribution in [3.63, 3.8) is 0 Å². The molecule has 0 atom stereocenters. The minimum Gasteiger partial charge on any atom is -0.396 e. The average Bonchev–Trinajstić information content (AvgIpc) is 2.73. The third kappa shape index (κ3) is 3.56. The zero-order valence-electron chi connectivity index (χ0n) is 10.6. The Balaban J connectivity index is 2.54. The molecule has 0 bridgehead atoms. The maximum atomic E-state index is 11.3. The van der Waals surface area contributed by atoms with Crippen molar-refractivity contribution in [1.82, 2.24) is 4.90 Å². The van der Waals surface area contributed by atoms with Gasteiger partial charge in [0, 0.05) is 31.2 Å². The summed E-state index contributed by atoms with van der Waals surface area (Å²) in [7, 11) is 0. The average molecular weight is 227 g/mol. The van der Waals surface area contributed by atoms with Gasteiger partial charge in [0.2, 0.25) is 0 Å². The largest absolute Gasteiger partial charge is 0.396 e. The number of hydrogen-bond acceptors (Lipinski definition) is 3. The van der Waals surface area contributed by atoms with Crippen LogP contribution in [0.2, 0.25) is 0 Å². The molecule has 1 aliphatic carbocycles. The number of carbonyl (C=O) groups excluding carboxylic acids is 1. The van der Waals surface area contributed by atoms with Crippen LogP contribution in [0.15, 0.2) is 0 Å². The van der Waals surface area contributed by atoms with E-state index in [-0.39, 0.29) is 12.0 Å². The first-order valence-corrected chi connectivity index (χ1v) is 6.45. The monoisotopic (exact) mass is 227 g/mol. The minimum absolute atomic E-state index is 0.0975. The second-order valence-electron chi connectivity index (χ2n) is 5.33. The summed E-state index contributed by atoms with van der Waals surface area (Å²) in [6.07, 6.45) is 6.43. The maximum absolute atomic E-state index is 11.3. The molecule has 1 N–H and O–H groups in total. The van der Waals surface area contributed by atoms with Gasteiger partial charge in [0.05, 0.1) is 0 Å². The molecular formula is C13H25NO2. The molecule has 94 valence electrons. The van der Waals surface area contributed by atoms with Gasteiger partial charge in [-0.1, -0.05) is 12.8 Å². The number of rotatable bonds is 7. The van der Waals surface area contributed by atoms with Gasteiger partial charge >= 0.3 is 0 Å². The zero-order valence-corrected chi connectivity index (χ0v) is 10.6. The lowest BCUT2D eigenvalue weighted by Crippen LogP contribution is -2.41. The first-order chi connectivity index (χ1) is 7.63. The quantitative estimate of drug-likeness (QED) is 0.675. The lowest BCUT2D eigenvalue weighted by Gasteiger charge is -2.34. The standard InChI is InChI=1S/C13H25NO2/c1-12(2)14(8-5-9-15)10-13(11-16)6-3-4-7-13/h11-12,15H,3-10H2,1-2H3. The SMILES string of the molecule is CC(C)N(CCCO)CC1(C=O)CCCC1. The molecule has 1 aliphatic rings. The van der Waals surface area contributed by atoms with Crippen LogP contribution in [-0.2, 0) is 4.79 Å². The molecule has 0 unspecified atom stereocenters. The Bertz CT molecular complexity index is 210. The molecule has 3 heteroatoms. The predicted octanol–water partition coefficient (Wildman–Crippen LogP) is 1.84. The van der Waals surface area contributed by atoms with Gasteiger partial charge in [0.15, 0.2) is 0 Å². The van der Waals surface area contributed by atoms with Crippen molar-refractivity contribution < 1.29 is 9.90 Å². The normalized spacial score (nSPS) is 19.6. The lowest BCUT2D eigenvalue weighted by atomic mass is 9.87. The number of hydrogen-bond donors (Lipinski definition) is 1. The van der Waals surface area contributed by atoms with Crippen molar-refractivity contribution in [2.45, 2.75) is 52.0 Å². The summed E-state index contributed by atoms with van der Waals surface area (Å²) in [5, 5.41) is 8.88. The van der Waals surface area contributed by atoms with Gasteiger partial charge in [-0.2, -0.15) is 0 Å². The molecular weight excluding hydrogens is 202 g/mol. The molecule has 0 amide bonds. The van der Waals surface area contributed by atoms with E-state index in [0.717, 1.165) is 32.4 Å². The highest BCUT2D eigenvalue weighted by Crippen LogP contribution is 2.37. The van der Waals surface area contributed by atoms with E-state index in [1.165, 1.54) is 19.1 Å². The Morgan fingerprint density at radius 2 is 2.00 bits per heavy atom. The van der Waals surface area contributed by atoms with Gasteiger partial charge in [0.25, 0.3) is 0 Å². The molecule has 1 fully saturated rings. The summed E-state index contributed by atoms with van der Waals surface area (Å²) in [5.41, 5.74) is -0.0975. The Morgan fingerprint density at radius 3 is 2.44 bits per heavy atom. The summed E-state index contributed by atoms with van der Waals surface area (Å²) < 4.78 is 0. The first-order valence-electron chi connectivity index (χ1n) is 6.45. The second kappa shape index (κ2) is 6.36. The highest BCUT2D eigenvalue weighted by molar-refractivity contribution is 5.60. The van der Waals surface area contributed by atoms with E-state index in [9.17, 15) is 4.79 Å². The van der Waals surface area contributed by atoms with Crippen LogP contribution < -0.4 is 0 Å². The highest BCUT2D eigenvalue weighted by Gasteiger charge is 2.35. The predicted molar refractivity (Wildman–Crippen MR) is 65.4 cm³/mol. The number of aliphatic hydroxyl groups is 1. The van der Waals surface area contributed by atoms with E-state index < -0.39 is 0 Å². The van der Waals surface area contributed by atoms with E-state index in [1.807, 2.05) is 0 Å². The van der Waals surface area contributed by atoms with Crippen LogP contribution in [0.5, 0.6) is 0 Å². The van der Waals surface area contributed by atoms with Crippen molar-refractivity contribution >= 4 is 6.29 Å². The molecule has 0 aromatic rings. The summed E-state index contributed by atoms with van der Waals surface area (Å²) in [6.45, 7) is 6.31. The van der Waals surface area contributed by atoms with Crippen molar-refractivity contribution in [1.29, 1.82) is 0 Å². The van der Waals surface area contributed by atoms with E-state index in [2.05, 4.69) is 18.7 Å². The Morgan fingerprint density at radius 1 is 1.38 bits per heavy atom. The lowest BCUT2D eigenvalue weighted by molar-refractivity contribution is -0.117. The van der Waals surface area contributed by atoms with Crippen LogP contribution in [0.3, 0.4) is 0 Å². The fourth-order valence-corrected chi connectivity index (χ4v) is 2.59. The smallest absolute Gasteiger partial charge is 0.127 e. The molecule has 0 aromatic heterocycles. The van der Waals surface area contributed by atoms with Crippen molar-refractivity contribution in [3.05, 3.63) is 0 Å². The van der Waals surface area contributed by atoms with E-state index in [1.54, 1.807) is 0 Å². The number of nitrogens with zero attached hydrogens (tertiary/aromatic N) is 1. The van der Waals surface area contributed by atoms with Crippen LogP contribution in [0.25, 0.3) is 0 Å². The van der Waals surface area contributed by atoms with Gasteiger partial charge in [-0.15, -0.1) is 0 Å². The van der Waals surface area contributed by atoms with Crippen molar-refractivity contribution in [2.75, 3.05) is 19.7 Å². The summed E-state index contributed by atoms with van der Waals surface area (Å²) in [5.74, 6) is 0. The van der Waals surface area contributed by atoms with Crippen LogP contribution in [-0.4, -0.2) is 42.0 Å². The Hall–Kier alpha value is -0.410. The summed E-state index contributed by atoms with van der Waals surface area (Å²) in [6, 6.07) is 0.448. The van der Waals surface area contributed by atoms with Gasteiger partial charge in [0.1, 0.15) is 6.29 Å². The van der Waals surface area contributed by atoms with Crippen molar-refractivity contribution in [2.24, 2.45) is 5.41 Å². The molecule has 0 aliphatic heterocycles. The fraction of sp³-hybridized carbons (Fsp3) is 0.923. The summed E-state index contributed by atoms with van der Waals surface area (Å²) in [4.78, 5) is 13.6. The molecule has 16 heavy (non-hydrogen) atoms.